The van der Waals surface area contributed by atoms with Crippen molar-refractivity contribution in [2.24, 2.45) is 5.92 Å². The van der Waals surface area contributed by atoms with Crippen LogP contribution in [-0.4, -0.2) is 36.0 Å². The minimum Gasteiger partial charge on any atom is -0.482 e. The van der Waals surface area contributed by atoms with Crippen LogP contribution in [0.3, 0.4) is 0 Å². The number of carboxylic acids is 1. The molecule has 0 saturated carbocycles. The van der Waals surface area contributed by atoms with Crippen molar-refractivity contribution in [1.82, 2.24) is 5.32 Å². The van der Waals surface area contributed by atoms with Crippen LogP contribution < -0.4 is 15.0 Å². The summed E-state index contributed by atoms with van der Waals surface area (Å²) in [5, 5.41) is 11.5. The summed E-state index contributed by atoms with van der Waals surface area (Å²) in [5.41, 5.74) is 1.66. The minimum atomic E-state index is -1.06. The highest BCUT2D eigenvalue weighted by molar-refractivity contribution is 6.00. The van der Waals surface area contributed by atoms with Gasteiger partial charge in [0.1, 0.15) is 5.75 Å². The zero-order chi connectivity index (χ0) is 19.2. The molecular formula is C20H20N2O5. The van der Waals surface area contributed by atoms with E-state index in [0.717, 1.165) is 5.56 Å². The van der Waals surface area contributed by atoms with E-state index in [1.807, 2.05) is 30.3 Å². The van der Waals surface area contributed by atoms with Crippen molar-refractivity contribution in [3.8, 4) is 5.75 Å². The predicted molar refractivity (Wildman–Crippen MR) is 98.3 cm³/mol. The van der Waals surface area contributed by atoms with Crippen LogP contribution in [0.4, 0.5) is 5.69 Å². The van der Waals surface area contributed by atoms with Gasteiger partial charge < -0.3 is 20.1 Å². The highest BCUT2D eigenvalue weighted by atomic mass is 16.5. The topological polar surface area (TPSA) is 95.9 Å². The second kappa shape index (κ2) is 8.35. The summed E-state index contributed by atoms with van der Waals surface area (Å²) >= 11 is 0. The largest absolute Gasteiger partial charge is 0.482 e. The Morgan fingerprint density at radius 1 is 1.11 bits per heavy atom. The van der Waals surface area contributed by atoms with Gasteiger partial charge in [-0.3, -0.25) is 9.59 Å². The maximum atomic E-state index is 12.4. The SMILES string of the molecule is O=C(O)COc1ccc(N2C[C@H](C(=O)NCc3ccccc3)CC2=O)cc1. The van der Waals surface area contributed by atoms with Crippen LogP contribution in [0.5, 0.6) is 5.75 Å². The van der Waals surface area contributed by atoms with Crippen LogP contribution in [0.2, 0.25) is 0 Å². The first-order chi connectivity index (χ1) is 13.0. The van der Waals surface area contributed by atoms with Gasteiger partial charge in [0.2, 0.25) is 11.8 Å². The van der Waals surface area contributed by atoms with Gasteiger partial charge in [-0.1, -0.05) is 30.3 Å². The number of aliphatic carboxylic acids is 1. The van der Waals surface area contributed by atoms with E-state index in [1.54, 1.807) is 29.2 Å². The van der Waals surface area contributed by atoms with Crippen LogP contribution in [0.15, 0.2) is 54.6 Å². The quantitative estimate of drug-likeness (QED) is 0.777. The second-order valence-electron chi connectivity index (χ2n) is 6.29. The first-order valence-electron chi connectivity index (χ1n) is 8.59. The van der Waals surface area contributed by atoms with Gasteiger partial charge in [0, 0.05) is 25.2 Å². The number of nitrogens with one attached hydrogen (secondary N) is 1. The zero-order valence-corrected chi connectivity index (χ0v) is 14.6. The maximum absolute atomic E-state index is 12.4. The molecule has 0 radical (unpaired) electrons. The van der Waals surface area contributed by atoms with E-state index in [1.165, 1.54) is 0 Å². The van der Waals surface area contributed by atoms with E-state index < -0.39 is 18.5 Å². The number of carbonyl (C=O) groups excluding carboxylic acids is 2. The van der Waals surface area contributed by atoms with Gasteiger partial charge in [-0.2, -0.15) is 0 Å². The molecule has 3 rings (SSSR count). The number of hydrogen-bond acceptors (Lipinski definition) is 4. The Kier molecular flexibility index (Phi) is 5.71. The number of nitrogens with zero attached hydrogens (tertiary/aromatic N) is 1. The van der Waals surface area contributed by atoms with Crippen LogP contribution in [0.1, 0.15) is 12.0 Å². The van der Waals surface area contributed by atoms with Gasteiger partial charge >= 0.3 is 5.97 Å². The van der Waals surface area contributed by atoms with Crippen LogP contribution in [-0.2, 0) is 20.9 Å². The summed E-state index contributed by atoms with van der Waals surface area (Å²) in [6.45, 7) is 0.320. The molecule has 27 heavy (non-hydrogen) atoms. The normalized spacial score (nSPS) is 16.2. The third-order valence-electron chi connectivity index (χ3n) is 4.32. The van der Waals surface area contributed by atoms with Crippen molar-refractivity contribution in [3.63, 3.8) is 0 Å². The lowest BCUT2D eigenvalue weighted by Gasteiger charge is -2.17. The summed E-state index contributed by atoms with van der Waals surface area (Å²) in [5.74, 6) is -1.31. The first kappa shape index (κ1) is 18.4. The van der Waals surface area contributed by atoms with Crippen molar-refractivity contribution < 1.29 is 24.2 Å². The number of anilines is 1. The highest BCUT2D eigenvalue weighted by Crippen LogP contribution is 2.27. The molecule has 0 aromatic heterocycles. The highest BCUT2D eigenvalue weighted by Gasteiger charge is 2.34. The molecule has 1 aliphatic rings. The fourth-order valence-electron chi connectivity index (χ4n) is 2.93. The molecule has 0 unspecified atom stereocenters. The van der Waals surface area contributed by atoms with Gasteiger partial charge in [-0.15, -0.1) is 0 Å². The smallest absolute Gasteiger partial charge is 0.341 e. The minimum absolute atomic E-state index is 0.117. The fraction of sp³-hybridized carbons (Fsp3) is 0.250. The molecule has 0 bridgehead atoms. The van der Waals surface area contributed by atoms with Gasteiger partial charge in [0.25, 0.3) is 0 Å². The van der Waals surface area contributed by atoms with E-state index in [2.05, 4.69) is 5.32 Å². The molecule has 2 amide bonds. The van der Waals surface area contributed by atoms with Crippen molar-refractivity contribution in [1.29, 1.82) is 0 Å². The first-order valence-corrected chi connectivity index (χ1v) is 8.59. The molecule has 1 saturated heterocycles. The van der Waals surface area contributed by atoms with Crippen molar-refractivity contribution in [3.05, 3.63) is 60.2 Å². The fourth-order valence-corrected chi connectivity index (χ4v) is 2.93. The van der Waals surface area contributed by atoms with Gasteiger partial charge in [0.15, 0.2) is 6.61 Å². The number of carboxylic acid groups (broad SMARTS) is 1. The van der Waals surface area contributed by atoms with Crippen LogP contribution in [0.25, 0.3) is 0 Å². The Hall–Kier alpha value is -3.35. The Morgan fingerprint density at radius 3 is 2.48 bits per heavy atom. The average Bonchev–Trinajstić information content (AvgIpc) is 3.07. The third kappa shape index (κ3) is 4.84. The lowest BCUT2D eigenvalue weighted by Crippen LogP contribution is -2.32. The van der Waals surface area contributed by atoms with Gasteiger partial charge in [-0.25, -0.2) is 4.79 Å². The number of hydrogen-bond donors (Lipinski definition) is 2. The molecule has 1 aliphatic heterocycles. The number of rotatable bonds is 7. The Balaban J connectivity index is 1.56. The molecule has 2 N–H and O–H groups in total. The zero-order valence-electron chi connectivity index (χ0n) is 14.6. The molecule has 7 heteroatoms. The molecule has 1 atom stereocenters. The molecule has 140 valence electrons. The summed E-state index contributed by atoms with van der Waals surface area (Å²) in [6, 6.07) is 16.2. The van der Waals surface area contributed by atoms with E-state index in [4.69, 9.17) is 9.84 Å². The van der Waals surface area contributed by atoms with E-state index in [9.17, 15) is 14.4 Å². The Labute approximate surface area is 156 Å². The number of benzene rings is 2. The lowest BCUT2D eigenvalue weighted by atomic mass is 10.1. The van der Waals surface area contributed by atoms with E-state index >= 15 is 0 Å². The summed E-state index contributed by atoms with van der Waals surface area (Å²) in [6.07, 6.45) is 0.165. The molecule has 0 aliphatic carbocycles. The molecular weight excluding hydrogens is 348 g/mol. The van der Waals surface area contributed by atoms with Crippen molar-refractivity contribution >= 4 is 23.5 Å². The van der Waals surface area contributed by atoms with Crippen LogP contribution in [0, 0.1) is 5.92 Å². The predicted octanol–water partition coefficient (Wildman–Crippen LogP) is 1.82. The Bertz CT molecular complexity index is 820. The molecule has 2 aromatic rings. The average molecular weight is 368 g/mol. The van der Waals surface area contributed by atoms with Gasteiger partial charge in [-0.05, 0) is 29.8 Å². The molecule has 2 aromatic carbocycles. The van der Waals surface area contributed by atoms with Crippen molar-refractivity contribution in [2.45, 2.75) is 13.0 Å². The van der Waals surface area contributed by atoms with Crippen LogP contribution >= 0.6 is 0 Å². The summed E-state index contributed by atoms with van der Waals surface area (Å²) in [4.78, 5) is 36.8. The lowest BCUT2D eigenvalue weighted by molar-refractivity contribution is -0.139. The third-order valence-corrected chi connectivity index (χ3v) is 4.32. The van der Waals surface area contributed by atoms with Gasteiger partial charge in [0.05, 0.1) is 5.92 Å². The molecule has 1 fully saturated rings. The van der Waals surface area contributed by atoms with E-state index in [-0.39, 0.29) is 18.2 Å². The number of ether oxygens (including phenoxy) is 1. The number of carbonyl (C=O) groups is 3. The second-order valence-corrected chi connectivity index (χ2v) is 6.29. The van der Waals surface area contributed by atoms with Crippen molar-refractivity contribution in [2.75, 3.05) is 18.1 Å². The molecule has 1 heterocycles. The standard InChI is InChI=1S/C20H20N2O5/c23-18-10-15(20(26)21-11-14-4-2-1-3-5-14)12-22(18)16-6-8-17(9-7-16)27-13-19(24)25/h1-9,15H,10-13H2,(H,21,26)(H,24,25)/t15-/m1/s1. The molecule has 0 spiro atoms. The monoisotopic (exact) mass is 368 g/mol. The summed E-state index contributed by atoms with van der Waals surface area (Å²) in [7, 11) is 0. The summed E-state index contributed by atoms with van der Waals surface area (Å²) < 4.78 is 5.08. The maximum Gasteiger partial charge on any atom is 0.341 e. The van der Waals surface area contributed by atoms with E-state index in [0.29, 0.717) is 24.5 Å². The number of amides is 2. The Morgan fingerprint density at radius 2 is 1.81 bits per heavy atom. The molecule has 7 nitrogen and oxygen atoms in total.